The van der Waals surface area contributed by atoms with Crippen molar-refractivity contribution in [2.75, 3.05) is 20.6 Å². The first-order valence-electron chi connectivity index (χ1n) is 4.27. The summed E-state index contributed by atoms with van der Waals surface area (Å²) in [6.45, 7) is 3.68. The highest BCUT2D eigenvalue weighted by Gasteiger charge is 2.04. The van der Waals surface area contributed by atoms with E-state index in [1.165, 1.54) is 0 Å². The molecular formula is C9H15N3O. The molecule has 0 bridgehead atoms. The first kappa shape index (κ1) is 9.92. The fourth-order valence-electron chi connectivity index (χ4n) is 1.16. The second kappa shape index (κ2) is 4.18. The number of hydrogen-bond donors (Lipinski definition) is 0. The zero-order chi connectivity index (χ0) is 9.84. The lowest BCUT2D eigenvalue weighted by Gasteiger charge is -2.11. The molecule has 4 nitrogen and oxygen atoms in total. The summed E-state index contributed by atoms with van der Waals surface area (Å²) in [6, 6.07) is 0. The Bertz CT molecular complexity index is 291. The second-order valence-electron chi connectivity index (χ2n) is 3.33. The van der Waals surface area contributed by atoms with Gasteiger partial charge in [-0.2, -0.15) is 0 Å². The minimum absolute atomic E-state index is 0.513. The van der Waals surface area contributed by atoms with E-state index in [2.05, 4.69) is 9.88 Å². The van der Waals surface area contributed by atoms with Gasteiger partial charge in [-0.3, -0.25) is 4.79 Å². The van der Waals surface area contributed by atoms with E-state index in [9.17, 15) is 4.79 Å². The van der Waals surface area contributed by atoms with E-state index in [4.69, 9.17) is 0 Å². The third-order valence-electron chi connectivity index (χ3n) is 1.96. The van der Waals surface area contributed by atoms with Gasteiger partial charge < -0.3 is 9.47 Å². The number of rotatable bonds is 4. The molecule has 1 aromatic rings. The van der Waals surface area contributed by atoms with Crippen LogP contribution in [0.25, 0.3) is 0 Å². The summed E-state index contributed by atoms with van der Waals surface area (Å²) in [5, 5.41) is 0. The molecule has 0 aliphatic heterocycles. The summed E-state index contributed by atoms with van der Waals surface area (Å²) >= 11 is 0. The minimum atomic E-state index is 0.513. The Morgan fingerprint density at radius 1 is 1.62 bits per heavy atom. The monoisotopic (exact) mass is 181 g/mol. The van der Waals surface area contributed by atoms with Crippen LogP contribution in [0.2, 0.25) is 0 Å². The maximum Gasteiger partial charge on any atom is 0.185 e. The Balaban J connectivity index is 2.73. The van der Waals surface area contributed by atoms with Gasteiger partial charge in [0.05, 0.1) is 0 Å². The molecule has 0 spiro atoms. The van der Waals surface area contributed by atoms with Crippen LogP contribution in [0.1, 0.15) is 16.3 Å². The number of imidazole rings is 1. The minimum Gasteiger partial charge on any atom is -0.325 e. The molecule has 72 valence electrons. The molecule has 0 atom stereocenters. The predicted molar refractivity (Wildman–Crippen MR) is 50.9 cm³/mol. The van der Waals surface area contributed by atoms with Gasteiger partial charge in [0.1, 0.15) is 0 Å². The van der Waals surface area contributed by atoms with Crippen molar-refractivity contribution in [1.29, 1.82) is 0 Å². The van der Waals surface area contributed by atoms with E-state index in [1.54, 1.807) is 6.20 Å². The summed E-state index contributed by atoms with van der Waals surface area (Å²) in [7, 11) is 4.01. The summed E-state index contributed by atoms with van der Waals surface area (Å²) in [5.74, 6) is 0.513. The topological polar surface area (TPSA) is 38.1 Å². The standard InChI is InChI=1S/C9H15N3O/c1-8-6-10-9(7-13)12(8)5-4-11(2)3/h6-7H,4-5H2,1-3H3. The fourth-order valence-corrected chi connectivity index (χ4v) is 1.16. The van der Waals surface area contributed by atoms with Crippen LogP contribution < -0.4 is 0 Å². The van der Waals surface area contributed by atoms with Crippen molar-refractivity contribution in [1.82, 2.24) is 14.5 Å². The Labute approximate surface area is 78.2 Å². The van der Waals surface area contributed by atoms with Gasteiger partial charge >= 0.3 is 0 Å². The van der Waals surface area contributed by atoms with E-state index >= 15 is 0 Å². The lowest BCUT2D eigenvalue weighted by Crippen LogP contribution is -2.20. The SMILES string of the molecule is Cc1cnc(C=O)n1CCN(C)C. The number of nitrogens with zero attached hydrogens (tertiary/aromatic N) is 3. The molecule has 0 unspecified atom stereocenters. The number of carbonyl (C=O) groups excluding carboxylic acids is 1. The molecule has 0 amide bonds. The Morgan fingerprint density at radius 3 is 2.85 bits per heavy atom. The lowest BCUT2D eigenvalue weighted by molar-refractivity contribution is 0.111. The van der Waals surface area contributed by atoms with Crippen molar-refractivity contribution in [2.45, 2.75) is 13.5 Å². The molecule has 1 heterocycles. The van der Waals surface area contributed by atoms with Crippen LogP contribution in [0.5, 0.6) is 0 Å². The van der Waals surface area contributed by atoms with Crippen molar-refractivity contribution in [3.05, 3.63) is 17.7 Å². The quantitative estimate of drug-likeness (QED) is 0.637. The summed E-state index contributed by atoms with van der Waals surface area (Å²) in [4.78, 5) is 16.7. The fraction of sp³-hybridized carbons (Fsp3) is 0.556. The largest absolute Gasteiger partial charge is 0.325 e. The summed E-state index contributed by atoms with van der Waals surface area (Å²) < 4.78 is 1.92. The number of aryl methyl sites for hydroxylation is 1. The van der Waals surface area contributed by atoms with E-state index < -0.39 is 0 Å². The van der Waals surface area contributed by atoms with Crippen molar-refractivity contribution < 1.29 is 4.79 Å². The van der Waals surface area contributed by atoms with Gasteiger partial charge in [-0.05, 0) is 21.0 Å². The van der Waals surface area contributed by atoms with Crippen molar-refractivity contribution in [2.24, 2.45) is 0 Å². The first-order valence-corrected chi connectivity index (χ1v) is 4.27. The third kappa shape index (κ3) is 2.39. The van der Waals surface area contributed by atoms with Crippen molar-refractivity contribution in [3.63, 3.8) is 0 Å². The number of carbonyl (C=O) groups is 1. The zero-order valence-corrected chi connectivity index (χ0v) is 8.32. The van der Waals surface area contributed by atoms with E-state index in [0.717, 1.165) is 25.1 Å². The average Bonchev–Trinajstić information content (AvgIpc) is 2.43. The van der Waals surface area contributed by atoms with Gasteiger partial charge in [0.15, 0.2) is 12.1 Å². The van der Waals surface area contributed by atoms with Gasteiger partial charge in [-0.25, -0.2) is 4.98 Å². The van der Waals surface area contributed by atoms with Gasteiger partial charge in [0.25, 0.3) is 0 Å². The molecule has 0 aliphatic rings. The molecule has 0 aromatic carbocycles. The molecule has 1 aromatic heterocycles. The highest BCUT2D eigenvalue weighted by Crippen LogP contribution is 2.01. The smallest absolute Gasteiger partial charge is 0.185 e. The average molecular weight is 181 g/mol. The van der Waals surface area contributed by atoms with Crippen LogP contribution in [0.3, 0.4) is 0 Å². The zero-order valence-electron chi connectivity index (χ0n) is 8.32. The normalized spacial score (nSPS) is 10.8. The van der Waals surface area contributed by atoms with Gasteiger partial charge in [0.2, 0.25) is 0 Å². The molecule has 0 saturated carbocycles. The molecule has 13 heavy (non-hydrogen) atoms. The van der Waals surface area contributed by atoms with Crippen LogP contribution >= 0.6 is 0 Å². The Morgan fingerprint density at radius 2 is 2.31 bits per heavy atom. The van der Waals surface area contributed by atoms with Crippen LogP contribution in [-0.2, 0) is 6.54 Å². The van der Waals surface area contributed by atoms with Crippen LogP contribution in [0.4, 0.5) is 0 Å². The summed E-state index contributed by atoms with van der Waals surface area (Å²) in [6.07, 6.45) is 2.52. The van der Waals surface area contributed by atoms with E-state index in [-0.39, 0.29) is 0 Å². The third-order valence-corrected chi connectivity index (χ3v) is 1.96. The molecular weight excluding hydrogens is 166 g/mol. The first-order chi connectivity index (χ1) is 6.15. The molecule has 0 radical (unpaired) electrons. The lowest BCUT2D eigenvalue weighted by atomic mass is 10.4. The number of aldehydes is 1. The van der Waals surface area contributed by atoms with E-state index in [0.29, 0.717) is 5.82 Å². The van der Waals surface area contributed by atoms with Gasteiger partial charge in [-0.1, -0.05) is 0 Å². The Hall–Kier alpha value is -1.16. The van der Waals surface area contributed by atoms with Crippen LogP contribution in [0.15, 0.2) is 6.20 Å². The van der Waals surface area contributed by atoms with Gasteiger partial charge in [0, 0.05) is 25.0 Å². The molecule has 0 N–H and O–H groups in total. The highest BCUT2D eigenvalue weighted by molar-refractivity contribution is 5.69. The van der Waals surface area contributed by atoms with Gasteiger partial charge in [-0.15, -0.1) is 0 Å². The Kier molecular flexibility index (Phi) is 3.19. The van der Waals surface area contributed by atoms with Crippen LogP contribution in [0, 0.1) is 6.92 Å². The highest BCUT2D eigenvalue weighted by atomic mass is 16.1. The van der Waals surface area contributed by atoms with Crippen LogP contribution in [-0.4, -0.2) is 41.4 Å². The summed E-state index contributed by atoms with van der Waals surface area (Å²) in [5.41, 5.74) is 1.03. The maximum absolute atomic E-state index is 10.6. The molecule has 0 aliphatic carbocycles. The van der Waals surface area contributed by atoms with E-state index in [1.807, 2.05) is 25.6 Å². The molecule has 0 fully saturated rings. The van der Waals surface area contributed by atoms with Crippen molar-refractivity contribution >= 4 is 6.29 Å². The second-order valence-corrected chi connectivity index (χ2v) is 3.33. The van der Waals surface area contributed by atoms with Crippen molar-refractivity contribution in [3.8, 4) is 0 Å². The number of aromatic nitrogens is 2. The number of hydrogen-bond acceptors (Lipinski definition) is 3. The molecule has 1 rings (SSSR count). The molecule has 0 saturated heterocycles. The predicted octanol–water partition coefficient (Wildman–Crippen LogP) is 0.566. The molecule has 4 heteroatoms. The maximum atomic E-state index is 10.6. The number of likely N-dealkylation sites (N-methyl/N-ethyl adjacent to an activating group) is 1.